The second-order valence-corrected chi connectivity index (χ2v) is 6.04. The maximum Gasteiger partial charge on any atom is 0.235 e. The lowest BCUT2D eigenvalue weighted by Gasteiger charge is -2.23. The van der Waals surface area contributed by atoms with E-state index in [-0.39, 0.29) is 5.54 Å². The number of aliphatic imine (C=N–C) groups is 1. The average Bonchev–Trinajstić information content (AvgIpc) is 2.94. The molecule has 0 saturated heterocycles. The van der Waals surface area contributed by atoms with Gasteiger partial charge >= 0.3 is 0 Å². The standard InChI is InChI=1S/C16H19NO2/c18-12-17-16(7-1-2-8-16)14-5-3-13(4-6-14)11-15(19)9-10-15/h3-6,19H,1-2,7-11H2. The van der Waals surface area contributed by atoms with E-state index in [1.165, 1.54) is 0 Å². The Hall–Kier alpha value is -1.44. The quantitative estimate of drug-likeness (QED) is 0.666. The Morgan fingerprint density at radius 1 is 1.11 bits per heavy atom. The third kappa shape index (κ3) is 2.49. The molecule has 3 rings (SSSR count). The zero-order chi connectivity index (χ0) is 13.3. The molecule has 2 aliphatic rings. The topological polar surface area (TPSA) is 49.7 Å². The molecule has 100 valence electrons. The van der Waals surface area contributed by atoms with Gasteiger partial charge in [0.2, 0.25) is 6.08 Å². The van der Waals surface area contributed by atoms with Crippen LogP contribution >= 0.6 is 0 Å². The number of rotatable bonds is 4. The molecule has 0 unspecified atom stereocenters. The van der Waals surface area contributed by atoms with Gasteiger partial charge in [-0.2, -0.15) is 4.99 Å². The van der Waals surface area contributed by atoms with Crippen molar-refractivity contribution in [1.29, 1.82) is 0 Å². The van der Waals surface area contributed by atoms with Crippen molar-refractivity contribution in [3.05, 3.63) is 35.4 Å². The summed E-state index contributed by atoms with van der Waals surface area (Å²) in [6.45, 7) is 0. The molecule has 0 aliphatic heterocycles. The Morgan fingerprint density at radius 2 is 1.74 bits per heavy atom. The van der Waals surface area contributed by atoms with Crippen LogP contribution in [0.15, 0.2) is 29.3 Å². The summed E-state index contributed by atoms with van der Waals surface area (Å²) < 4.78 is 0. The Morgan fingerprint density at radius 3 is 2.26 bits per heavy atom. The van der Waals surface area contributed by atoms with Crippen LogP contribution in [0.1, 0.15) is 49.7 Å². The van der Waals surface area contributed by atoms with E-state index < -0.39 is 5.60 Å². The molecule has 0 bridgehead atoms. The summed E-state index contributed by atoms with van der Waals surface area (Å²) >= 11 is 0. The second kappa shape index (κ2) is 4.59. The second-order valence-electron chi connectivity index (χ2n) is 6.04. The Balaban J connectivity index is 1.82. The number of hydrogen-bond donors (Lipinski definition) is 1. The fraction of sp³-hybridized carbons (Fsp3) is 0.562. The minimum absolute atomic E-state index is 0.337. The monoisotopic (exact) mass is 257 g/mol. The van der Waals surface area contributed by atoms with Gasteiger partial charge in [0.25, 0.3) is 0 Å². The molecule has 0 amide bonds. The van der Waals surface area contributed by atoms with Gasteiger partial charge in [-0.3, -0.25) is 0 Å². The Bertz CT molecular complexity index is 504. The molecule has 1 aromatic rings. The first kappa shape index (κ1) is 12.6. The van der Waals surface area contributed by atoms with Gasteiger partial charge in [-0.05, 0) is 36.8 Å². The molecule has 0 aromatic heterocycles. The SMILES string of the molecule is O=C=NC1(c2ccc(CC3(O)CC3)cc2)CCCC1. The number of benzene rings is 1. The smallest absolute Gasteiger partial charge is 0.235 e. The molecular formula is C16H19NO2. The molecule has 3 heteroatoms. The first-order chi connectivity index (χ1) is 9.16. The molecule has 2 aliphatic carbocycles. The first-order valence-corrected chi connectivity index (χ1v) is 7.07. The summed E-state index contributed by atoms with van der Waals surface area (Å²) in [5, 5.41) is 9.93. The van der Waals surface area contributed by atoms with E-state index in [9.17, 15) is 9.90 Å². The van der Waals surface area contributed by atoms with E-state index in [2.05, 4.69) is 29.3 Å². The Labute approximate surface area is 113 Å². The van der Waals surface area contributed by atoms with Gasteiger partial charge in [-0.15, -0.1) is 0 Å². The largest absolute Gasteiger partial charge is 0.390 e. The molecule has 3 nitrogen and oxygen atoms in total. The minimum Gasteiger partial charge on any atom is -0.390 e. The molecule has 1 aromatic carbocycles. The van der Waals surface area contributed by atoms with Crippen LogP contribution < -0.4 is 0 Å². The number of hydrogen-bond acceptors (Lipinski definition) is 3. The predicted octanol–water partition coefficient (Wildman–Crippen LogP) is 2.86. The van der Waals surface area contributed by atoms with Gasteiger partial charge in [0.05, 0.1) is 11.1 Å². The van der Waals surface area contributed by atoms with Crippen molar-refractivity contribution in [1.82, 2.24) is 0 Å². The molecular weight excluding hydrogens is 238 g/mol. The molecule has 0 spiro atoms. The normalized spacial score (nSPS) is 22.8. The summed E-state index contributed by atoms with van der Waals surface area (Å²) in [6, 6.07) is 8.25. The van der Waals surface area contributed by atoms with Crippen molar-refractivity contribution in [2.75, 3.05) is 0 Å². The van der Waals surface area contributed by atoms with E-state index in [1.807, 2.05) is 0 Å². The van der Waals surface area contributed by atoms with Crippen LogP contribution in [-0.4, -0.2) is 16.8 Å². The zero-order valence-electron chi connectivity index (χ0n) is 11.1. The van der Waals surface area contributed by atoms with Crippen molar-refractivity contribution in [2.24, 2.45) is 4.99 Å². The van der Waals surface area contributed by atoms with Gasteiger partial charge in [0.15, 0.2) is 0 Å². The Kier molecular flexibility index (Phi) is 3.04. The number of isocyanates is 1. The summed E-state index contributed by atoms with van der Waals surface area (Å²) in [4.78, 5) is 14.8. The zero-order valence-corrected chi connectivity index (χ0v) is 11.1. The molecule has 0 atom stereocenters. The van der Waals surface area contributed by atoms with Crippen LogP contribution in [0.3, 0.4) is 0 Å². The van der Waals surface area contributed by atoms with Gasteiger partial charge < -0.3 is 5.11 Å². The van der Waals surface area contributed by atoms with Crippen molar-refractivity contribution in [3.8, 4) is 0 Å². The van der Waals surface area contributed by atoms with Gasteiger partial charge in [-0.25, -0.2) is 4.79 Å². The molecule has 1 N–H and O–H groups in total. The van der Waals surface area contributed by atoms with Crippen molar-refractivity contribution >= 4 is 6.08 Å². The summed E-state index contributed by atoms with van der Waals surface area (Å²) in [5.41, 5.74) is 1.48. The lowest BCUT2D eigenvalue weighted by atomic mass is 9.88. The van der Waals surface area contributed by atoms with E-state index in [0.717, 1.165) is 56.1 Å². The van der Waals surface area contributed by atoms with Gasteiger partial charge in [0, 0.05) is 6.42 Å². The molecule has 0 radical (unpaired) electrons. The van der Waals surface area contributed by atoms with Crippen molar-refractivity contribution < 1.29 is 9.90 Å². The molecule has 2 saturated carbocycles. The van der Waals surface area contributed by atoms with Crippen LogP contribution in [0.25, 0.3) is 0 Å². The third-order valence-electron chi connectivity index (χ3n) is 4.54. The van der Waals surface area contributed by atoms with Crippen molar-refractivity contribution in [2.45, 2.75) is 56.1 Å². The lowest BCUT2D eigenvalue weighted by Crippen LogP contribution is -2.19. The van der Waals surface area contributed by atoms with E-state index >= 15 is 0 Å². The van der Waals surface area contributed by atoms with E-state index in [1.54, 1.807) is 6.08 Å². The number of carbonyl (C=O) groups excluding carboxylic acids is 1. The number of aliphatic hydroxyl groups is 1. The highest BCUT2D eigenvalue weighted by molar-refractivity contribution is 5.39. The van der Waals surface area contributed by atoms with Crippen LogP contribution in [-0.2, 0) is 16.8 Å². The molecule has 19 heavy (non-hydrogen) atoms. The maximum absolute atomic E-state index is 10.7. The highest BCUT2D eigenvalue weighted by Gasteiger charge is 2.40. The van der Waals surface area contributed by atoms with E-state index in [0.29, 0.717) is 0 Å². The third-order valence-corrected chi connectivity index (χ3v) is 4.54. The predicted molar refractivity (Wildman–Crippen MR) is 72.6 cm³/mol. The fourth-order valence-corrected chi connectivity index (χ4v) is 3.15. The molecule has 0 heterocycles. The van der Waals surface area contributed by atoms with Crippen LogP contribution in [0, 0.1) is 0 Å². The highest BCUT2D eigenvalue weighted by Crippen LogP contribution is 2.43. The van der Waals surface area contributed by atoms with Gasteiger partial charge in [-0.1, -0.05) is 37.1 Å². The summed E-state index contributed by atoms with van der Waals surface area (Å²) in [5.74, 6) is 0. The van der Waals surface area contributed by atoms with Crippen LogP contribution in [0.2, 0.25) is 0 Å². The number of nitrogens with zero attached hydrogens (tertiary/aromatic N) is 1. The van der Waals surface area contributed by atoms with Crippen molar-refractivity contribution in [3.63, 3.8) is 0 Å². The fourth-order valence-electron chi connectivity index (χ4n) is 3.15. The highest BCUT2D eigenvalue weighted by atomic mass is 16.3. The van der Waals surface area contributed by atoms with Crippen LogP contribution in [0.4, 0.5) is 0 Å². The lowest BCUT2D eigenvalue weighted by molar-refractivity contribution is 0.151. The van der Waals surface area contributed by atoms with Crippen LogP contribution in [0.5, 0.6) is 0 Å². The first-order valence-electron chi connectivity index (χ1n) is 7.07. The summed E-state index contributed by atoms with van der Waals surface area (Å²) in [6.07, 6.45) is 8.41. The maximum atomic E-state index is 10.7. The average molecular weight is 257 g/mol. The summed E-state index contributed by atoms with van der Waals surface area (Å²) in [7, 11) is 0. The van der Waals surface area contributed by atoms with E-state index in [4.69, 9.17) is 0 Å². The molecule has 2 fully saturated rings. The minimum atomic E-state index is -0.451. The van der Waals surface area contributed by atoms with Gasteiger partial charge in [0.1, 0.15) is 0 Å².